The van der Waals surface area contributed by atoms with Crippen molar-refractivity contribution >= 4 is 17.5 Å². The number of amides is 1. The number of hydrogen-bond acceptors (Lipinski definition) is 3. The summed E-state index contributed by atoms with van der Waals surface area (Å²) in [5, 5.41) is 0. The third-order valence-electron chi connectivity index (χ3n) is 5.50. The topological polar surface area (TPSA) is 54.5 Å². The molecule has 3 rings (SSSR count). The molecule has 1 heterocycles. The number of Topliss-reactive ketones (excluding diaryl/α,β-unsaturated/α-hetero) is 2. The molecule has 1 saturated heterocycles. The van der Waals surface area contributed by atoms with Gasteiger partial charge in [-0.1, -0.05) is 71.9 Å². The number of ketones is 2. The van der Waals surface area contributed by atoms with Crippen molar-refractivity contribution in [3.8, 4) is 0 Å². The molecule has 0 radical (unpaired) electrons. The lowest BCUT2D eigenvalue weighted by Gasteiger charge is -2.29. The highest BCUT2D eigenvalue weighted by molar-refractivity contribution is 5.93. The van der Waals surface area contributed by atoms with Gasteiger partial charge in [0.15, 0.2) is 5.78 Å². The van der Waals surface area contributed by atoms with E-state index in [2.05, 4.69) is 0 Å². The van der Waals surface area contributed by atoms with E-state index in [-0.39, 0.29) is 28.6 Å². The highest BCUT2D eigenvalue weighted by atomic mass is 16.2. The summed E-state index contributed by atoms with van der Waals surface area (Å²) in [6.45, 7) is 12.5. The molecule has 1 atom stereocenters. The Morgan fingerprint density at radius 3 is 1.86 bits per heavy atom. The highest BCUT2D eigenvalue weighted by Gasteiger charge is 2.38. The van der Waals surface area contributed by atoms with Crippen molar-refractivity contribution in [3.63, 3.8) is 0 Å². The predicted molar refractivity (Wildman–Crippen MR) is 117 cm³/mol. The van der Waals surface area contributed by atoms with Crippen LogP contribution < -0.4 is 0 Å². The Balaban J connectivity index is 0.000000278. The molecule has 29 heavy (non-hydrogen) atoms. The van der Waals surface area contributed by atoms with Gasteiger partial charge in [0, 0.05) is 23.3 Å². The second kappa shape index (κ2) is 9.23. The van der Waals surface area contributed by atoms with E-state index in [4.69, 9.17) is 0 Å². The number of likely N-dealkylation sites (tertiary alicyclic amines) is 1. The SMILES string of the molecule is CC(C)(C)C(=O)C1CC1.CC(C)(C)C(=O)[C@@H]1CCCN1C(=O)Cc1ccccc1. The van der Waals surface area contributed by atoms with Gasteiger partial charge in [-0.2, -0.15) is 0 Å². The first-order valence-electron chi connectivity index (χ1n) is 10.8. The molecule has 2 fully saturated rings. The molecule has 0 unspecified atom stereocenters. The molecule has 160 valence electrons. The lowest BCUT2D eigenvalue weighted by Crippen LogP contribution is -2.45. The van der Waals surface area contributed by atoms with Crippen LogP contribution in [0, 0.1) is 16.7 Å². The van der Waals surface area contributed by atoms with Crippen molar-refractivity contribution in [2.45, 2.75) is 79.7 Å². The van der Waals surface area contributed by atoms with Crippen LogP contribution in [0.25, 0.3) is 0 Å². The fraction of sp³-hybridized carbons (Fsp3) is 0.640. The quantitative estimate of drug-likeness (QED) is 0.727. The minimum Gasteiger partial charge on any atom is -0.332 e. The third-order valence-corrected chi connectivity index (χ3v) is 5.50. The van der Waals surface area contributed by atoms with Crippen LogP contribution in [0.1, 0.15) is 72.8 Å². The van der Waals surface area contributed by atoms with Gasteiger partial charge in [-0.15, -0.1) is 0 Å². The first-order chi connectivity index (χ1) is 13.4. The summed E-state index contributed by atoms with van der Waals surface area (Å²) in [6, 6.07) is 9.49. The summed E-state index contributed by atoms with van der Waals surface area (Å²) in [6.07, 6.45) is 4.38. The number of hydrogen-bond donors (Lipinski definition) is 0. The van der Waals surface area contributed by atoms with Crippen LogP contribution in [0.15, 0.2) is 30.3 Å². The van der Waals surface area contributed by atoms with Crippen LogP contribution in [0.3, 0.4) is 0 Å². The van der Waals surface area contributed by atoms with Gasteiger partial charge in [0.1, 0.15) is 5.78 Å². The molecule has 0 bridgehead atoms. The zero-order valence-corrected chi connectivity index (χ0v) is 19.0. The smallest absolute Gasteiger partial charge is 0.227 e. The van der Waals surface area contributed by atoms with Gasteiger partial charge in [0.2, 0.25) is 5.91 Å². The second-order valence-corrected chi connectivity index (χ2v) is 10.4. The summed E-state index contributed by atoms with van der Waals surface area (Å²) in [5.41, 5.74) is 0.521. The second-order valence-electron chi connectivity index (χ2n) is 10.4. The number of nitrogens with zero attached hydrogens (tertiary/aromatic N) is 1. The lowest BCUT2D eigenvalue weighted by atomic mass is 9.85. The molecule has 4 nitrogen and oxygen atoms in total. The van der Waals surface area contributed by atoms with Crippen molar-refractivity contribution in [1.82, 2.24) is 4.90 Å². The molecule has 2 aliphatic rings. The maximum atomic E-state index is 12.4. The average molecular weight is 400 g/mol. The molecule has 4 heteroatoms. The van der Waals surface area contributed by atoms with Gasteiger partial charge in [0.05, 0.1) is 12.5 Å². The predicted octanol–water partition coefficient (Wildman–Crippen LogP) is 4.85. The van der Waals surface area contributed by atoms with Crippen molar-refractivity contribution in [1.29, 1.82) is 0 Å². The van der Waals surface area contributed by atoms with Crippen LogP contribution in [0.4, 0.5) is 0 Å². The monoisotopic (exact) mass is 399 g/mol. The van der Waals surface area contributed by atoms with E-state index in [9.17, 15) is 14.4 Å². The Morgan fingerprint density at radius 1 is 0.862 bits per heavy atom. The van der Waals surface area contributed by atoms with Crippen LogP contribution in [-0.4, -0.2) is 35.0 Å². The molecule has 0 spiro atoms. The lowest BCUT2D eigenvalue weighted by molar-refractivity contribution is -0.140. The summed E-state index contributed by atoms with van der Waals surface area (Å²) < 4.78 is 0. The zero-order chi connectivity index (χ0) is 21.8. The number of benzene rings is 1. The molecule has 1 aliphatic heterocycles. The maximum absolute atomic E-state index is 12.4. The van der Waals surface area contributed by atoms with E-state index in [1.807, 2.05) is 71.9 Å². The molecule has 1 aliphatic carbocycles. The van der Waals surface area contributed by atoms with E-state index in [0.29, 0.717) is 24.7 Å². The first-order valence-corrected chi connectivity index (χ1v) is 10.8. The minimum absolute atomic E-state index is 0.0660. The average Bonchev–Trinajstić information content (AvgIpc) is 3.36. The standard InChI is InChI=1S/C17H23NO2.C8H14O/c1-17(2,3)16(20)14-10-7-11-18(14)15(19)12-13-8-5-4-6-9-13;1-8(2,3)7(9)6-4-5-6/h4-6,8-9,14H,7,10-12H2,1-3H3;6H,4-5H2,1-3H3/t14-;/m0./s1. The van der Waals surface area contributed by atoms with Gasteiger partial charge >= 0.3 is 0 Å². The van der Waals surface area contributed by atoms with Crippen LogP contribution in [0.5, 0.6) is 0 Å². The molecular weight excluding hydrogens is 362 g/mol. The third kappa shape index (κ3) is 6.80. The van der Waals surface area contributed by atoms with Gasteiger partial charge in [-0.25, -0.2) is 0 Å². The van der Waals surface area contributed by atoms with Crippen LogP contribution >= 0.6 is 0 Å². The maximum Gasteiger partial charge on any atom is 0.227 e. The van der Waals surface area contributed by atoms with Crippen molar-refractivity contribution < 1.29 is 14.4 Å². The van der Waals surface area contributed by atoms with Gasteiger partial charge in [0.25, 0.3) is 0 Å². The molecule has 1 amide bonds. The zero-order valence-electron chi connectivity index (χ0n) is 19.0. The van der Waals surface area contributed by atoms with Crippen LogP contribution in [0.2, 0.25) is 0 Å². The van der Waals surface area contributed by atoms with E-state index in [0.717, 1.165) is 31.2 Å². The Hall–Kier alpha value is -1.97. The van der Waals surface area contributed by atoms with E-state index in [1.165, 1.54) is 0 Å². The summed E-state index contributed by atoms with van der Waals surface area (Å²) >= 11 is 0. The fourth-order valence-electron chi connectivity index (χ4n) is 3.67. The molecule has 0 aromatic heterocycles. The Labute approximate surface area is 176 Å². The van der Waals surface area contributed by atoms with Crippen molar-refractivity contribution in [2.75, 3.05) is 6.54 Å². The van der Waals surface area contributed by atoms with E-state index < -0.39 is 0 Å². The van der Waals surface area contributed by atoms with Crippen molar-refractivity contribution in [2.24, 2.45) is 16.7 Å². The Morgan fingerprint density at radius 2 is 1.41 bits per heavy atom. The van der Waals surface area contributed by atoms with Gasteiger partial charge in [-0.3, -0.25) is 14.4 Å². The Bertz CT molecular complexity index is 721. The van der Waals surface area contributed by atoms with E-state index in [1.54, 1.807) is 4.90 Å². The molecule has 1 aromatic rings. The summed E-state index contributed by atoms with van der Waals surface area (Å²) in [7, 11) is 0. The molecule has 1 saturated carbocycles. The van der Waals surface area contributed by atoms with E-state index >= 15 is 0 Å². The highest BCUT2D eigenvalue weighted by Crippen LogP contribution is 2.36. The number of carbonyl (C=O) groups is 3. The Kier molecular flexibility index (Phi) is 7.42. The first kappa shape index (κ1) is 23.3. The minimum atomic E-state index is -0.389. The number of rotatable bonds is 4. The largest absolute Gasteiger partial charge is 0.332 e. The van der Waals surface area contributed by atoms with Crippen LogP contribution in [-0.2, 0) is 20.8 Å². The van der Waals surface area contributed by atoms with Gasteiger partial charge in [-0.05, 0) is 31.2 Å². The summed E-state index contributed by atoms with van der Waals surface area (Å²) in [5.74, 6) is 1.11. The molecule has 0 N–H and O–H groups in total. The fourth-order valence-corrected chi connectivity index (χ4v) is 3.67. The normalized spacial score (nSPS) is 19.4. The van der Waals surface area contributed by atoms with Gasteiger partial charge < -0.3 is 4.90 Å². The molecular formula is C25H37NO3. The molecule has 1 aromatic carbocycles. The van der Waals surface area contributed by atoms with Crippen molar-refractivity contribution in [3.05, 3.63) is 35.9 Å². The number of carbonyl (C=O) groups excluding carboxylic acids is 3. The summed E-state index contributed by atoms with van der Waals surface area (Å²) in [4.78, 5) is 37.9.